The molecule has 1 N–H and O–H groups in total. The molecule has 3 nitrogen and oxygen atoms in total. The number of hydrogen-bond acceptors (Lipinski definition) is 2. The molecule has 1 aliphatic heterocycles. The van der Waals surface area contributed by atoms with Gasteiger partial charge in [0.1, 0.15) is 11.9 Å². The van der Waals surface area contributed by atoms with E-state index >= 15 is 0 Å². The van der Waals surface area contributed by atoms with Crippen LogP contribution in [0.3, 0.4) is 0 Å². The van der Waals surface area contributed by atoms with Crippen LogP contribution < -0.4 is 0 Å². The average Bonchev–Trinajstić information content (AvgIpc) is 2.11. The predicted molar refractivity (Wildman–Crippen MR) is 52.9 cm³/mol. The van der Waals surface area contributed by atoms with E-state index in [2.05, 4.69) is 0 Å². The van der Waals surface area contributed by atoms with Crippen molar-refractivity contribution in [2.45, 2.75) is 19.0 Å². The molecule has 1 aliphatic rings. The summed E-state index contributed by atoms with van der Waals surface area (Å²) in [5.41, 5.74) is 0.820. The summed E-state index contributed by atoms with van der Waals surface area (Å²) >= 11 is 0. The Kier molecular flexibility index (Phi) is 2.68. The predicted octanol–water partition coefficient (Wildman–Crippen LogP) is 1.48. The van der Waals surface area contributed by atoms with Crippen LogP contribution in [0.5, 0.6) is 0 Å². The zero-order valence-electron chi connectivity index (χ0n) is 8.19. The Labute approximate surface area is 87.1 Å². The standard InChI is InChI=1S/C11H12FNO2/c12-9-3-1-2-8(6-9)7-13-5-4-10(13)11(14)15/h1-3,6,10H,4-5,7H2,(H,14,15)/t10-/m1/s1. The molecule has 2 rings (SSSR count). The minimum Gasteiger partial charge on any atom is -0.480 e. The highest BCUT2D eigenvalue weighted by Crippen LogP contribution is 2.20. The Bertz CT molecular complexity index is 381. The van der Waals surface area contributed by atoms with Crippen LogP contribution in [0, 0.1) is 5.82 Å². The van der Waals surface area contributed by atoms with Crippen molar-refractivity contribution in [3.63, 3.8) is 0 Å². The van der Waals surface area contributed by atoms with E-state index in [1.807, 2.05) is 4.90 Å². The Balaban J connectivity index is 2.00. The monoisotopic (exact) mass is 209 g/mol. The summed E-state index contributed by atoms with van der Waals surface area (Å²) in [4.78, 5) is 12.6. The first-order chi connectivity index (χ1) is 7.16. The Morgan fingerprint density at radius 1 is 1.60 bits per heavy atom. The minimum absolute atomic E-state index is 0.278. The third kappa shape index (κ3) is 2.15. The highest BCUT2D eigenvalue weighted by atomic mass is 19.1. The SMILES string of the molecule is O=C(O)[C@H]1CCN1Cc1cccc(F)c1. The summed E-state index contributed by atoms with van der Waals surface area (Å²) in [6, 6.07) is 5.87. The molecule has 1 fully saturated rings. The van der Waals surface area contributed by atoms with Crippen molar-refractivity contribution in [3.8, 4) is 0 Å². The van der Waals surface area contributed by atoms with Gasteiger partial charge in [0, 0.05) is 13.1 Å². The van der Waals surface area contributed by atoms with Crippen LogP contribution in [-0.4, -0.2) is 28.6 Å². The van der Waals surface area contributed by atoms with E-state index in [1.54, 1.807) is 12.1 Å². The van der Waals surface area contributed by atoms with E-state index in [0.717, 1.165) is 12.1 Å². The van der Waals surface area contributed by atoms with Crippen LogP contribution in [0.1, 0.15) is 12.0 Å². The van der Waals surface area contributed by atoms with E-state index < -0.39 is 12.0 Å². The highest BCUT2D eigenvalue weighted by Gasteiger charge is 2.33. The lowest BCUT2D eigenvalue weighted by Crippen LogP contribution is -2.51. The zero-order valence-corrected chi connectivity index (χ0v) is 8.19. The molecule has 4 heteroatoms. The summed E-state index contributed by atoms with van der Waals surface area (Å²) in [7, 11) is 0. The van der Waals surface area contributed by atoms with Crippen LogP contribution in [0.25, 0.3) is 0 Å². The third-order valence-electron chi connectivity index (χ3n) is 2.69. The van der Waals surface area contributed by atoms with Crippen molar-refractivity contribution in [3.05, 3.63) is 35.6 Å². The number of likely N-dealkylation sites (tertiary alicyclic amines) is 1. The molecule has 1 heterocycles. The lowest BCUT2D eigenvalue weighted by atomic mass is 10.0. The molecule has 1 saturated heterocycles. The molecule has 0 spiro atoms. The number of hydrogen-bond donors (Lipinski definition) is 1. The molecule has 0 amide bonds. The number of carboxylic acids is 1. The molecule has 0 saturated carbocycles. The molecule has 0 radical (unpaired) electrons. The molecular weight excluding hydrogens is 197 g/mol. The van der Waals surface area contributed by atoms with Crippen molar-refractivity contribution in [1.29, 1.82) is 0 Å². The van der Waals surface area contributed by atoms with E-state index in [4.69, 9.17) is 5.11 Å². The third-order valence-corrected chi connectivity index (χ3v) is 2.69. The summed E-state index contributed by atoms with van der Waals surface area (Å²) in [6.07, 6.45) is 0.685. The smallest absolute Gasteiger partial charge is 0.320 e. The molecule has 0 unspecified atom stereocenters. The number of carbonyl (C=O) groups is 1. The molecule has 1 aromatic rings. The maximum Gasteiger partial charge on any atom is 0.320 e. The summed E-state index contributed by atoms with van der Waals surface area (Å²) in [5.74, 6) is -1.07. The lowest BCUT2D eigenvalue weighted by molar-refractivity contribution is -0.148. The molecule has 0 bridgehead atoms. The van der Waals surface area contributed by atoms with Gasteiger partial charge in [-0.2, -0.15) is 0 Å². The molecule has 0 aliphatic carbocycles. The Morgan fingerprint density at radius 3 is 2.93 bits per heavy atom. The second-order valence-corrected chi connectivity index (χ2v) is 3.74. The summed E-state index contributed by atoms with van der Waals surface area (Å²) in [5, 5.41) is 8.82. The maximum absolute atomic E-state index is 12.9. The number of halogens is 1. The maximum atomic E-state index is 12.9. The van der Waals surface area contributed by atoms with E-state index in [-0.39, 0.29) is 5.82 Å². The second kappa shape index (κ2) is 3.98. The van der Waals surface area contributed by atoms with Crippen molar-refractivity contribution in [2.24, 2.45) is 0 Å². The molecule has 15 heavy (non-hydrogen) atoms. The fraction of sp³-hybridized carbons (Fsp3) is 0.364. The highest BCUT2D eigenvalue weighted by molar-refractivity contribution is 5.74. The molecular formula is C11H12FNO2. The lowest BCUT2D eigenvalue weighted by Gasteiger charge is -2.37. The molecule has 80 valence electrons. The first kappa shape index (κ1) is 10.1. The normalized spacial score (nSPS) is 21.0. The van der Waals surface area contributed by atoms with Gasteiger partial charge in [0.25, 0.3) is 0 Å². The van der Waals surface area contributed by atoms with Crippen molar-refractivity contribution in [1.82, 2.24) is 4.90 Å². The van der Waals surface area contributed by atoms with E-state index in [1.165, 1.54) is 12.1 Å². The first-order valence-corrected chi connectivity index (χ1v) is 4.88. The zero-order chi connectivity index (χ0) is 10.8. The van der Waals surface area contributed by atoms with Crippen molar-refractivity contribution < 1.29 is 14.3 Å². The Morgan fingerprint density at radius 2 is 2.40 bits per heavy atom. The van der Waals surface area contributed by atoms with Gasteiger partial charge >= 0.3 is 5.97 Å². The second-order valence-electron chi connectivity index (χ2n) is 3.74. The number of benzene rings is 1. The van der Waals surface area contributed by atoms with Gasteiger partial charge in [-0.05, 0) is 24.1 Å². The van der Waals surface area contributed by atoms with Crippen LogP contribution in [-0.2, 0) is 11.3 Å². The largest absolute Gasteiger partial charge is 0.480 e. The van der Waals surface area contributed by atoms with Crippen LogP contribution >= 0.6 is 0 Å². The van der Waals surface area contributed by atoms with E-state index in [9.17, 15) is 9.18 Å². The first-order valence-electron chi connectivity index (χ1n) is 4.88. The van der Waals surface area contributed by atoms with E-state index in [0.29, 0.717) is 13.0 Å². The fourth-order valence-electron chi connectivity index (χ4n) is 1.78. The number of rotatable bonds is 3. The average molecular weight is 209 g/mol. The van der Waals surface area contributed by atoms with Gasteiger partial charge in [0.2, 0.25) is 0 Å². The number of aliphatic carboxylic acids is 1. The quantitative estimate of drug-likeness (QED) is 0.819. The molecule has 1 aromatic carbocycles. The van der Waals surface area contributed by atoms with Gasteiger partial charge in [0.05, 0.1) is 0 Å². The van der Waals surface area contributed by atoms with Gasteiger partial charge in [-0.25, -0.2) is 4.39 Å². The minimum atomic E-state index is -0.794. The number of nitrogens with zero attached hydrogens (tertiary/aromatic N) is 1. The van der Waals surface area contributed by atoms with Crippen molar-refractivity contribution in [2.75, 3.05) is 6.54 Å². The van der Waals surface area contributed by atoms with Gasteiger partial charge < -0.3 is 5.11 Å². The van der Waals surface area contributed by atoms with Crippen LogP contribution in [0.4, 0.5) is 4.39 Å². The topological polar surface area (TPSA) is 40.5 Å². The van der Waals surface area contributed by atoms with Gasteiger partial charge in [-0.1, -0.05) is 12.1 Å². The van der Waals surface area contributed by atoms with Crippen molar-refractivity contribution >= 4 is 5.97 Å². The Hall–Kier alpha value is -1.42. The van der Waals surface area contributed by atoms with Crippen LogP contribution in [0.2, 0.25) is 0 Å². The summed E-state index contributed by atoms with van der Waals surface area (Å²) < 4.78 is 12.9. The van der Waals surface area contributed by atoms with Crippen LogP contribution in [0.15, 0.2) is 24.3 Å². The van der Waals surface area contributed by atoms with Gasteiger partial charge in [-0.3, -0.25) is 9.69 Å². The fourth-order valence-corrected chi connectivity index (χ4v) is 1.78. The molecule has 1 atom stereocenters. The number of carboxylic acid groups (broad SMARTS) is 1. The van der Waals surface area contributed by atoms with Gasteiger partial charge in [0.15, 0.2) is 0 Å². The van der Waals surface area contributed by atoms with Gasteiger partial charge in [-0.15, -0.1) is 0 Å². The summed E-state index contributed by atoms with van der Waals surface area (Å²) in [6.45, 7) is 1.28. The molecule has 0 aromatic heterocycles.